The molecule has 1 saturated carbocycles. The lowest BCUT2D eigenvalue weighted by atomic mass is 9.91. The van der Waals surface area contributed by atoms with Crippen LogP contribution >= 0.6 is 0 Å². The molecule has 1 aromatic rings. The number of allylic oxidation sites excluding steroid dienone is 5. The molecule has 5 nitrogen and oxygen atoms in total. The highest BCUT2D eigenvalue weighted by molar-refractivity contribution is 6.11. The Hall–Kier alpha value is -3.08. The zero-order valence-electron chi connectivity index (χ0n) is 18.8. The Bertz CT molecular complexity index is 890. The van der Waals surface area contributed by atoms with Crippen LogP contribution in [0, 0.1) is 5.92 Å². The van der Waals surface area contributed by atoms with E-state index in [4.69, 9.17) is 10.5 Å². The number of anilines is 1. The van der Waals surface area contributed by atoms with Crippen molar-refractivity contribution in [2.24, 2.45) is 5.92 Å². The van der Waals surface area contributed by atoms with Crippen LogP contribution in [0.1, 0.15) is 61.9 Å². The Kier molecular flexibility index (Phi) is 9.32. The number of Topliss-reactive ketones (excluding diaryl/α,β-unsaturated/α-hetero) is 1. The lowest BCUT2D eigenvalue weighted by Crippen LogP contribution is -2.33. The molecule has 1 aromatic carbocycles. The monoisotopic (exact) mass is 422 g/mol. The summed E-state index contributed by atoms with van der Waals surface area (Å²) < 4.78 is 5.34. The molecule has 0 bridgehead atoms. The first-order chi connectivity index (χ1) is 14.9. The summed E-state index contributed by atoms with van der Waals surface area (Å²) >= 11 is 0. The van der Waals surface area contributed by atoms with Crippen molar-refractivity contribution < 1.29 is 14.3 Å². The molecule has 0 aromatic heterocycles. The standard InChI is InChI=1S/C26H34N2O3/c1-5-9-22(31-4)14-12-18(2)26(28-21-10-7-6-8-11-21)24(17-29)23-16-20(19(3)30)13-15-25(23)27/h5,9,12-18,21,28H,1,6-8,10-11,27H2,2-4H3/b14-12-,22-9+,26-24+. The van der Waals surface area contributed by atoms with E-state index < -0.39 is 0 Å². The van der Waals surface area contributed by atoms with Gasteiger partial charge in [-0.2, -0.15) is 0 Å². The summed E-state index contributed by atoms with van der Waals surface area (Å²) in [6.45, 7) is 7.23. The highest BCUT2D eigenvalue weighted by Crippen LogP contribution is 2.29. The van der Waals surface area contributed by atoms with Gasteiger partial charge in [-0.1, -0.05) is 44.9 Å². The van der Waals surface area contributed by atoms with Crippen LogP contribution in [0.25, 0.3) is 5.57 Å². The van der Waals surface area contributed by atoms with E-state index in [0.717, 1.165) is 24.8 Å². The second kappa shape index (κ2) is 11.9. The van der Waals surface area contributed by atoms with Crippen molar-refractivity contribution >= 4 is 23.3 Å². The van der Waals surface area contributed by atoms with Crippen molar-refractivity contribution in [3.8, 4) is 0 Å². The minimum atomic E-state index is -0.106. The fraction of sp³-hybridized carbons (Fsp3) is 0.385. The van der Waals surface area contributed by atoms with Gasteiger partial charge in [-0.15, -0.1) is 0 Å². The van der Waals surface area contributed by atoms with Crippen LogP contribution in [0.4, 0.5) is 5.69 Å². The number of carbonyl (C=O) groups excluding carboxylic acids is 2. The summed E-state index contributed by atoms with van der Waals surface area (Å²) in [4.78, 5) is 24.2. The van der Waals surface area contributed by atoms with Crippen molar-refractivity contribution in [3.63, 3.8) is 0 Å². The van der Waals surface area contributed by atoms with Crippen LogP contribution < -0.4 is 11.1 Å². The van der Waals surface area contributed by atoms with E-state index in [9.17, 15) is 9.59 Å². The zero-order chi connectivity index (χ0) is 22.8. The summed E-state index contributed by atoms with van der Waals surface area (Å²) in [6, 6.07) is 5.38. The van der Waals surface area contributed by atoms with Crippen LogP contribution in [0.3, 0.4) is 0 Å². The molecule has 1 aliphatic carbocycles. The van der Waals surface area contributed by atoms with E-state index in [-0.39, 0.29) is 11.7 Å². The van der Waals surface area contributed by atoms with Gasteiger partial charge in [0.1, 0.15) is 5.76 Å². The Balaban J connectivity index is 2.55. The number of ketones is 1. The second-order valence-corrected chi connectivity index (χ2v) is 7.94. The Labute approximate surface area is 185 Å². The molecule has 3 N–H and O–H groups in total. The average Bonchev–Trinajstić information content (AvgIpc) is 2.77. The predicted molar refractivity (Wildman–Crippen MR) is 127 cm³/mol. The maximum absolute atomic E-state index is 12.3. The van der Waals surface area contributed by atoms with Gasteiger partial charge in [-0.25, -0.2) is 0 Å². The fourth-order valence-electron chi connectivity index (χ4n) is 3.85. The van der Waals surface area contributed by atoms with Crippen LogP contribution in [0.2, 0.25) is 0 Å². The average molecular weight is 423 g/mol. The van der Waals surface area contributed by atoms with Gasteiger partial charge in [-0.05, 0) is 50.1 Å². The zero-order valence-corrected chi connectivity index (χ0v) is 18.8. The van der Waals surface area contributed by atoms with E-state index in [2.05, 4.69) is 11.9 Å². The molecule has 1 aliphatic rings. The molecule has 0 amide bonds. The molecule has 1 fully saturated rings. The number of nitrogens with one attached hydrogen (secondary N) is 1. The van der Waals surface area contributed by atoms with Gasteiger partial charge in [0.25, 0.3) is 0 Å². The maximum atomic E-state index is 12.3. The number of nitrogen functional groups attached to an aromatic ring is 1. The number of carbonyl (C=O) groups is 2. The summed E-state index contributed by atoms with van der Waals surface area (Å²) in [7, 11) is 1.60. The molecule has 0 heterocycles. The normalized spacial score (nSPS) is 17.1. The van der Waals surface area contributed by atoms with E-state index in [1.807, 2.05) is 19.1 Å². The minimum Gasteiger partial charge on any atom is -0.497 e. The van der Waals surface area contributed by atoms with Crippen molar-refractivity contribution in [1.29, 1.82) is 0 Å². The summed E-state index contributed by atoms with van der Waals surface area (Å²) in [5.74, 6) is 0.496. The molecule has 1 unspecified atom stereocenters. The topological polar surface area (TPSA) is 81.4 Å². The Morgan fingerprint density at radius 2 is 2.00 bits per heavy atom. The van der Waals surface area contributed by atoms with E-state index >= 15 is 0 Å². The predicted octanol–water partition coefficient (Wildman–Crippen LogP) is 5.21. The van der Waals surface area contributed by atoms with E-state index in [1.54, 1.807) is 37.5 Å². The molecule has 0 spiro atoms. The van der Waals surface area contributed by atoms with Gasteiger partial charge in [0.05, 0.1) is 7.11 Å². The molecular formula is C26H34N2O3. The lowest BCUT2D eigenvalue weighted by molar-refractivity contribution is -0.103. The van der Waals surface area contributed by atoms with Crippen LogP contribution in [-0.2, 0) is 9.53 Å². The second-order valence-electron chi connectivity index (χ2n) is 7.94. The molecule has 0 saturated heterocycles. The van der Waals surface area contributed by atoms with Crippen molar-refractivity contribution in [2.45, 2.75) is 52.0 Å². The number of rotatable bonds is 10. The van der Waals surface area contributed by atoms with E-state index in [1.165, 1.54) is 26.2 Å². The lowest BCUT2D eigenvalue weighted by Gasteiger charge is -2.28. The number of hydrogen-bond donors (Lipinski definition) is 2. The number of ether oxygens (including phenoxy) is 1. The number of benzene rings is 1. The summed E-state index contributed by atoms with van der Waals surface area (Å²) in [5.41, 5.74) is 9.09. The SMILES string of the molecule is C=C/C=C(\C=C/C(C)/C(NC1CCCCC1)=C(/C=O)c1cc(C(C)=O)ccc1N)OC. The van der Waals surface area contributed by atoms with Gasteiger partial charge < -0.3 is 15.8 Å². The number of methoxy groups -OCH3 is 1. The Morgan fingerprint density at radius 3 is 2.58 bits per heavy atom. The highest BCUT2D eigenvalue weighted by atomic mass is 16.5. The largest absolute Gasteiger partial charge is 0.497 e. The Morgan fingerprint density at radius 1 is 1.29 bits per heavy atom. The third-order valence-corrected chi connectivity index (χ3v) is 5.65. The van der Waals surface area contributed by atoms with Crippen molar-refractivity contribution in [3.05, 3.63) is 71.7 Å². The number of aldehydes is 1. The van der Waals surface area contributed by atoms with Crippen LogP contribution in [0.5, 0.6) is 0 Å². The van der Waals surface area contributed by atoms with Gasteiger partial charge in [0.2, 0.25) is 0 Å². The summed E-state index contributed by atoms with van der Waals surface area (Å²) in [6.07, 6.45) is 13.8. The third kappa shape index (κ3) is 6.71. The van der Waals surface area contributed by atoms with Gasteiger partial charge in [0.15, 0.2) is 12.1 Å². The quantitative estimate of drug-likeness (QED) is 0.135. The first-order valence-electron chi connectivity index (χ1n) is 10.8. The molecule has 2 rings (SSSR count). The maximum Gasteiger partial charge on any atom is 0.159 e. The van der Waals surface area contributed by atoms with Crippen LogP contribution in [0.15, 0.2) is 60.5 Å². The molecule has 166 valence electrons. The molecule has 0 aliphatic heterocycles. The molecule has 0 radical (unpaired) electrons. The van der Waals surface area contributed by atoms with Crippen molar-refractivity contribution in [1.82, 2.24) is 5.32 Å². The molecule has 31 heavy (non-hydrogen) atoms. The van der Waals surface area contributed by atoms with Crippen LogP contribution in [-0.4, -0.2) is 25.2 Å². The first kappa shape index (κ1) is 24.2. The molecule has 5 heteroatoms. The smallest absolute Gasteiger partial charge is 0.159 e. The van der Waals surface area contributed by atoms with Gasteiger partial charge in [0, 0.05) is 40.0 Å². The van der Waals surface area contributed by atoms with Gasteiger partial charge in [-0.3, -0.25) is 9.59 Å². The molecule has 1 atom stereocenters. The van der Waals surface area contributed by atoms with Crippen molar-refractivity contribution in [2.75, 3.05) is 12.8 Å². The molecular weight excluding hydrogens is 388 g/mol. The minimum absolute atomic E-state index is 0.0690. The fourth-order valence-corrected chi connectivity index (χ4v) is 3.85. The third-order valence-electron chi connectivity index (χ3n) is 5.65. The van der Waals surface area contributed by atoms with Gasteiger partial charge >= 0.3 is 0 Å². The number of nitrogens with two attached hydrogens (primary N) is 1. The number of hydrogen-bond acceptors (Lipinski definition) is 5. The van der Waals surface area contributed by atoms with E-state index in [0.29, 0.717) is 34.2 Å². The first-order valence-corrected chi connectivity index (χ1v) is 10.8. The summed E-state index contributed by atoms with van der Waals surface area (Å²) in [5, 5.41) is 3.63. The highest BCUT2D eigenvalue weighted by Gasteiger charge is 2.21.